The van der Waals surface area contributed by atoms with Crippen LogP contribution in [0.2, 0.25) is 5.15 Å². The van der Waals surface area contributed by atoms with Crippen molar-refractivity contribution in [3.63, 3.8) is 0 Å². The summed E-state index contributed by atoms with van der Waals surface area (Å²) in [6, 6.07) is 0.284. The van der Waals surface area contributed by atoms with Gasteiger partial charge in [-0.05, 0) is 19.3 Å². The molecule has 0 spiro atoms. The van der Waals surface area contributed by atoms with Crippen molar-refractivity contribution in [3.05, 3.63) is 21.6 Å². The molecule has 6 nitrogen and oxygen atoms in total. The lowest BCUT2D eigenvalue weighted by Crippen LogP contribution is -2.35. The van der Waals surface area contributed by atoms with Gasteiger partial charge >= 0.3 is 5.69 Å². The van der Waals surface area contributed by atoms with Gasteiger partial charge in [-0.1, -0.05) is 31.4 Å². The van der Waals surface area contributed by atoms with Gasteiger partial charge in [0.1, 0.15) is 6.33 Å². The fraction of sp³-hybridized carbons (Fsp3) is 0.667. The highest BCUT2D eigenvalue weighted by Gasteiger charge is 2.30. The van der Waals surface area contributed by atoms with Crippen LogP contribution in [0.25, 0.3) is 0 Å². The smallest absolute Gasteiger partial charge is 0.348 e. The predicted octanol–water partition coefficient (Wildman–Crippen LogP) is 3.20. The molecule has 2 heterocycles. The van der Waals surface area contributed by atoms with Gasteiger partial charge in [0.25, 0.3) is 0 Å². The molecule has 1 fully saturated rings. The first-order valence-electron chi connectivity index (χ1n) is 6.56. The monoisotopic (exact) mass is 284 g/mol. The first-order chi connectivity index (χ1) is 9.15. The fourth-order valence-electron chi connectivity index (χ4n) is 2.60. The van der Waals surface area contributed by atoms with Crippen LogP contribution in [0, 0.1) is 10.1 Å². The Morgan fingerprint density at radius 3 is 2.95 bits per heavy atom. The van der Waals surface area contributed by atoms with Crippen LogP contribution in [0.4, 0.5) is 11.5 Å². The fourth-order valence-corrected chi connectivity index (χ4v) is 2.79. The first kappa shape index (κ1) is 14.0. The highest BCUT2D eigenvalue weighted by atomic mass is 35.5. The number of nitro groups is 1. The largest absolute Gasteiger partial charge is 0.348 e. The predicted molar refractivity (Wildman–Crippen MR) is 73.6 cm³/mol. The number of hydrogen-bond donors (Lipinski definition) is 0. The second-order valence-corrected chi connectivity index (χ2v) is 5.06. The highest BCUT2D eigenvalue weighted by Crippen LogP contribution is 2.34. The summed E-state index contributed by atoms with van der Waals surface area (Å²) in [6.45, 7) is 2.88. The molecule has 2 rings (SSSR count). The van der Waals surface area contributed by atoms with E-state index in [1.807, 2.05) is 4.90 Å². The zero-order valence-corrected chi connectivity index (χ0v) is 11.6. The van der Waals surface area contributed by atoms with Crippen LogP contribution in [-0.4, -0.2) is 27.5 Å². The Balaban J connectivity index is 2.43. The minimum Gasteiger partial charge on any atom is -0.348 e. The molecule has 1 aromatic heterocycles. The van der Waals surface area contributed by atoms with Crippen LogP contribution < -0.4 is 4.90 Å². The van der Waals surface area contributed by atoms with Gasteiger partial charge in [0.15, 0.2) is 0 Å². The van der Waals surface area contributed by atoms with Crippen molar-refractivity contribution in [3.8, 4) is 0 Å². The van der Waals surface area contributed by atoms with Gasteiger partial charge in [0.05, 0.1) is 4.92 Å². The second-order valence-electron chi connectivity index (χ2n) is 4.70. The molecule has 19 heavy (non-hydrogen) atoms. The van der Waals surface area contributed by atoms with Gasteiger partial charge in [-0.2, -0.15) is 0 Å². The number of aromatic nitrogens is 2. The number of nitrogens with zero attached hydrogens (tertiary/aromatic N) is 4. The van der Waals surface area contributed by atoms with E-state index in [2.05, 4.69) is 16.9 Å². The van der Waals surface area contributed by atoms with Gasteiger partial charge < -0.3 is 4.90 Å². The van der Waals surface area contributed by atoms with E-state index in [1.165, 1.54) is 6.33 Å². The normalized spacial score (nSPS) is 20.1. The summed E-state index contributed by atoms with van der Waals surface area (Å²) in [5.41, 5.74) is -0.176. The lowest BCUT2D eigenvalue weighted by Gasteiger charge is -2.29. The standard InChI is InChI=1S/C12H17ClN4O2/c1-2-9-6-4-3-5-7-16(9)12-10(17(18)19)11(13)14-8-15-12/h8-9H,2-7H2,1H3. The van der Waals surface area contributed by atoms with Gasteiger partial charge in [-0.3, -0.25) is 10.1 Å². The third-order valence-electron chi connectivity index (χ3n) is 3.56. The minimum absolute atomic E-state index is 0.0888. The lowest BCUT2D eigenvalue weighted by molar-refractivity contribution is -0.384. The average molecular weight is 285 g/mol. The Hall–Kier alpha value is -1.43. The Kier molecular flexibility index (Phi) is 4.52. The molecule has 104 valence electrons. The molecule has 7 heteroatoms. The third kappa shape index (κ3) is 2.94. The van der Waals surface area contributed by atoms with E-state index in [-0.39, 0.29) is 16.9 Å². The van der Waals surface area contributed by atoms with Crippen LogP contribution in [0.15, 0.2) is 6.33 Å². The van der Waals surface area contributed by atoms with Crippen molar-refractivity contribution in [1.29, 1.82) is 0 Å². The molecule has 0 aromatic carbocycles. The molecular weight excluding hydrogens is 268 g/mol. The third-order valence-corrected chi connectivity index (χ3v) is 3.84. The van der Waals surface area contributed by atoms with E-state index in [1.54, 1.807) is 0 Å². The highest BCUT2D eigenvalue weighted by molar-refractivity contribution is 6.31. The molecule has 0 aliphatic carbocycles. The minimum atomic E-state index is -0.491. The van der Waals surface area contributed by atoms with Crippen LogP contribution >= 0.6 is 11.6 Å². The summed E-state index contributed by atoms with van der Waals surface area (Å²) < 4.78 is 0. The summed E-state index contributed by atoms with van der Waals surface area (Å²) >= 11 is 5.86. The molecule has 0 amide bonds. The van der Waals surface area contributed by atoms with E-state index in [0.29, 0.717) is 5.82 Å². The van der Waals surface area contributed by atoms with Crippen LogP contribution in [0.5, 0.6) is 0 Å². The van der Waals surface area contributed by atoms with E-state index < -0.39 is 4.92 Å². The summed E-state index contributed by atoms with van der Waals surface area (Å²) in [5.74, 6) is 0.360. The molecule has 1 aliphatic heterocycles. The van der Waals surface area contributed by atoms with Crippen molar-refractivity contribution in [2.24, 2.45) is 0 Å². The quantitative estimate of drug-likeness (QED) is 0.484. The topological polar surface area (TPSA) is 72.2 Å². The van der Waals surface area contributed by atoms with Crippen molar-refractivity contribution in [2.75, 3.05) is 11.4 Å². The molecule has 1 unspecified atom stereocenters. The summed E-state index contributed by atoms with van der Waals surface area (Å²) in [5, 5.41) is 11.1. The molecule has 1 aromatic rings. The molecule has 0 saturated carbocycles. The molecule has 1 aliphatic rings. The lowest BCUT2D eigenvalue weighted by atomic mass is 10.1. The van der Waals surface area contributed by atoms with E-state index in [4.69, 9.17) is 11.6 Å². The van der Waals surface area contributed by atoms with Crippen LogP contribution in [0.3, 0.4) is 0 Å². The second kappa shape index (κ2) is 6.14. The average Bonchev–Trinajstić information content (AvgIpc) is 2.62. The van der Waals surface area contributed by atoms with Crippen molar-refractivity contribution in [2.45, 2.75) is 45.1 Å². The number of rotatable bonds is 3. The van der Waals surface area contributed by atoms with E-state index >= 15 is 0 Å². The summed E-state index contributed by atoms with van der Waals surface area (Å²) in [6.07, 6.45) is 6.60. The Morgan fingerprint density at radius 2 is 2.26 bits per heavy atom. The van der Waals surface area contributed by atoms with Crippen molar-refractivity contribution < 1.29 is 4.92 Å². The zero-order valence-electron chi connectivity index (χ0n) is 10.9. The van der Waals surface area contributed by atoms with E-state index in [9.17, 15) is 10.1 Å². The first-order valence-corrected chi connectivity index (χ1v) is 6.94. The number of anilines is 1. The molecule has 0 N–H and O–H groups in total. The number of hydrogen-bond acceptors (Lipinski definition) is 5. The molecule has 0 radical (unpaired) electrons. The Bertz CT molecular complexity index is 469. The molecule has 1 atom stereocenters. The van der Waals surface area contributed by atoms with Crippen LogP contribution in [-0.2, 0) is 0 Å². The number of halogens is 1. The van der Waals surface area contributed by atoms with Gasteiger partial charge in [0.2, 0.25) is 11.0 Å². The maximum atomic E-state index is 11.2. The maximum Gasteiger partial charge on any atom is 0.348 e. The summed E-state index contributed by atoms with van der Waals surface area (Å²) in [4.78, 5) is 20.5. The van der Waals surface area contributed by atoms with E-state index in [0.717, 1.165) is 38.6 Å². The van der Waals surface area contributed by atoms with Gasteiger partial charge in [-0.15, -0.1) is 0 Å². The van der Waals surface area contributed by atoms with Crippen molar-refractivity contribution in [1.82, 2.24) is 9.97 Å². The molecule has 1 saturated heterocycles. The summed E-state index contributed by atoms with van der Waals surface area (Å²) in [7, 11) is 0. The SMILES string of the molecule is CCC1CCCCCN1c1ncnc(Cl)c1[N+](=O)[O-]. The Morgan fingerprint density at radius 1 is 1.47 bits per heavy atom. The Labute approximate surface area is 117 Å². The van der Waals surface area contributed by atoms with Crippen molar-refractivity contribution >= 4 is 23.1 Å². The molecule has 0 bridgehead atoms. The van der Waals surface area contributed by atoms with Gasteiger partial charge in [-0.25, -0.2) is 9.97 Å². The zero-order chi connectivity index (χ0) is 13.8. The molecular formula is C12H17ClN4O2. The van der Waals surface area contributed by atoms with Crippen LogP contribution in [0.1, 0.15) is 39.0 Å². The van der Waals surface area contributed by atoms with Gasteiger partial charge in [0, 0.05) is 12.6 Å². The maximum absolute atomic E-state index is 11.2.